The normalized spacial score (nSPS) is 13.2. The lowest BCUT2D eigenvalue weighted by Crippen LogP contribution is -2.25. The van der Waals surface area contributed by atoms with E-state index in [1.165, 1.54) is 12.1 Å². The number of hydrogen-bond acceptors (Lipinski definition) is 3. The fourth-order valence-electron chi connectivity index (χ4n) is 2.87. The molecule has 0 bridgehead atoms. The molecule has 1 heterocycles. The zero-order valence-corrected chi connectivity index (χ0v) is 16.4. The maximum atomic E-state index is 14.0. The van der Waals surface area contributed by atoms with E-state index in [1.54, 1.807) is 30.3 Å². The number of carbonyl (C=O) groups is 2. The van der Waals surface area contributed by atoms with E-state index in [2.05, 4.69) is 10.6 Å². The quantitative estimate of drug-likeness (QED) is 0.609. The van der Waals surface area contributed by atoms with Gasteiger partial charge in [0.1, 0.15) is 11.6 Å². The molecule has 1 aliphatic rings. The predicted molar refractivity (Wildman–Crippen MR) is 109 cm³/mol. The maximum Gasteiger partial charge on any atom is 0.265 e. The van der Waals surface area contributed by atoms with Crippen molar-refractivity contribution < 1.29 is 18.4 Å². The molecular formula is C22H18F2N2O2S. The van der Waals surface area contributed by atoms with Crippen LogP contribution in [0.1, 0.15) is 38.4 Å². The van der Waals surface area contributed by atoms with Crippen molar-refractivity contribution >= 4 is 28.8 Å². The second kappa shape index (κ2) is 7.75. The highest BCUT2D eigenvalue weighted by atomic mass is 32.1. The molecule has 0 unspecified atom stereocenters. The highest BCUT2D eigenvalue weighted by Crippen LogP contribution is 2.31. The van der Waals surface area contributed by atoms with Gasteiger partial charge in [0.25, 0.3) is 11.8 Å². The van der Waals surface area contributed by atoms with Crippen LogP contribution in [0.15, 0.2) is 48.5 Å². The molecule has 4 nitrogen and oxygen atoms in total. The highest BCUT2D eigenvalue weighted by Gasteiger charge is 2.24. The van der Waals surface area contributed by atoms with Crippen LogP contribution >= 0.6 is 11.3 Å². The van der Waals surface area contributed by atoms with Gasteiger partial charge in [-0.2, -0.15) is 0 Å². The van der Waals surface area contributed by atoms with E-state index in [9.17, 15) is 18.4 Å². The molecule has 3 aromatic rings. The molecule has 0 saturated heterocycles. The first kappa shape index (κ1) is 19.3. The first-order valence-electron chi connectivity index (χ1n) is 9.19. The van der Waals surface area contributed by atoms with Crippen molar-refractivity contribution in [3.63, 3.8) is 0 Å². The minimum Gasteiger partial charge on any atom is -0.349 e. The van der Waals surface area contributed by atoms with Gasteiger partial charge in [0, 0.05) is 33.8 Å². The van der Waals surface area contributed by atoms with Crippen LogP contribution in [0.5, 0.6) is 0 Å². The van der Waals surface area contributed by atoms with Gasteiger partial charge >= 0.3 is 0 Å². The summed E-state index contributed by atoms with van der Waals surface area (Å²) in [5, 5.41) is 5.74. The number of halogens is 2. The zero-order chi connectivity index (χ0) is 20.5. The molecular weight excluding hydrogens is 394 g/mol. The van der Waals surface area contributed by atoms with Gasteiger partial charge in [0.05, 0.1) is 4.88 Å². The zero-order valence-electron chi connectivity index (χ0n) is 15.6. The number of aryl methyl sites for hydroxylation is 1. The van der Waals surface area contributed by atoms with Gasteiger partial charge in [-0.05, 0) is 61.7 Å². The molecule has 2 N–H and O–H groups in total. The van der Waals surface area contributed by atoms with Gasteiger partial charge in [0.15, 0.2) is 0 Å². The van der Waals surface area contributed by atoms with E-state index in [1.807, 2.05) is 6.92 Å². The molecule has 2 amide bonds. The maximum absolute atomic E-state index is 14.0. The molecule has 7 heteroatoms. The summed E-state index contributed by atoms with van der Waals surface area (Å²) >= 11 is 1.11. The Balaban J connectivity index is 1.52. The van der Waals surface area contributed by atoms with E-state index in [-0.39, 0.29) is 23.4 Å². The summed E-state index contributed by atoms with van der Waals surface area (Å²) in [6, 6.07) is 12.0. The van der Waals surface area contributed by atoms with E-state index in [4.69, 9.17) is 0 Å². The predicted octanol–water partition coefficient (Wildman–Crippen LogP) is 5.15. The Bertz CT molecular complexity index is 1110. The van der Waals surface area contributed by atoms with Crippen LogP contribution in [-0.2, 0) is 0 Å². The summed E-state index contributed by atoms with van der Waals surface area (Å²) in [6.45, 7) is 1.84. The van der Waals surface area contributed by atoms with Gasteiger partial charge in [-0.1, -0.05) is 6.07 Å². The van der Waals surface area contributed by atoms with Crippen molar-refractivity contribution in [2.24, 2.45) is 0 Å². The molecule has 0 spiro atoms. The van der Waals surface area contributed by atoms with E-state index >= 15 is 0 Å². The lowest BCUT2D eigenvalue weighted by molar-refractivity contribution is 0.0949. The molecule has 2 aromatic carbocycles. The van der Waals surface area contributed by atoms with E-state index in [0.29, 0.717) is 21.0 Å². The standard InChI is InChI=1S/C22H18F2N2O2S/c1-12-2-3-13(21(27)25-15-5-6-15)10-18(12)26-22(28)20-9-8-19(29-20)16-7-4-14(23)11-17(16)24/h2-4,7-11,15H,5-6H2,1H3,(H,25,27)(H,26,28). The first-order valence-corrected chi connectivity index (χ1v) is 10.0. The van der Waals surface area contributed by atoms with Crippen molar-refractivity contribution in [1.82, 2.24) is 5.32 Å². The third-order valence-electron chi connectivity index (χ3n) is 4.69. The monoisotopic (exact) mass is 412 g/mol. The number of thiophene rings is 1. The van der Waals surface area contributed by atoms with Crippen LogP contribution < -0.4 is 10.6 Å². The average molecular weight is 412 g/mol. The first-order chi connectivity index (χ1) is 13.9. The van der Waals surface area contributed by atoms with Gasteiger partial charge < -0.3 is 10.6 Å². The molecule has 0 atom stereocenters. The molecule has 148 valence electrons. The average Bonchev–Trinajstić information content (AvgIpc) is 3.35. The Hall–Kier alpha value is -3.06. The van der Waals surface area contributed by atoms with Crippen molar-refractivity contribution in [3.05, 3.63) is 76.2 Å². The molecule has 1 aliphatic carbocycles. The highest BCUT2D eigenvalue weighted by molar-refractivity contribution is 7.17. The fraction of sp³-hybridized carbons (Fsp3) is 0.182. The van der Waals surface area contributed by atoms with Gasteiger partial charge in [-0.3, -0.25) is 9.59 Å². The second-order valence-corrected chi connectivity index (χ2v) is 8.10. The van der Waals surface area contributed by atoms with Crippen LogP contribution in [0.2, 0.25) is 0 Å². The summed E-state index contributed by atoms with van der Waals surface area (Å²) in [4.78, 5) is 25.8. The number of carbonyl (C=O) groups excluding carboxylic acids is 2. The summed E-state index contributed by atoms with van der Waals surface area (Å²) in [7, 11) is 0. The third kappa shape index (κ3) is 4.35. The molecule has 29 heavy (non-hydrogen) atoms. The number of rotatable bonds is 5. The smallest absolute Gasteiger partial charge is 0.265 e. The second-order valence-electron chi connectivity index (χ2n) is 7.02. The number of benzene rings is 2. The molecule has 1 aromatic heterocycles. The minimum atomic E-state index is -0.677. The summed E-state index contributed by atoms with van der Waals surface area (Å²) in [6.07, 6.45) is 1.99. The van der Waals surface area contributed by atoms with Gasteiger partial charge in [-0.25, -0.2) is 8.78 Å². The van der Waals surface area contributed by atoms with E-state index in [0.717, 1.165) is 35.8 Å². The van der Waals surface area contributed by atoms with Crippen molar-refractivity contribution in [2.75, 3.05) is 5.32 Å². The molecule has 0 radical (unpaired) electrons. The van der Waals surface area contributed by atoms with Crippen LogP contribution in [0.4, 0.5) is 14.5 Å². The largest absolute Gasteiger partial charge is 0.349 e. The SMILES string of the molecule is Cc1ccc(C(=O)NC2CC2)cc1NC(=O)c1ccc(-c2ccc(F)cc2F)s1. The van der Waals surface area contributed by atoms with Crippen LogP contribution in [0.3, 0.4) is 0 Å². The lowest BCUT2D eigenvalue weighted by Gasteiger charge is -2.10. The topological polar surface area (TPSA) is 58.2 Å². The Morgan fingerprint density at radius 2 is 1.79 bits per heavy atom. The van der Waals surface area contributed by atoms with Crippen molar-refractivity contribution in [3.8, 4) is 10.4 Å². The Morgan fingerprint density at radius 3 is 2.52 bits per heavy atom. The minimum absolute atomic E-state index is 0.159. The Labute approximate surface area is 170 Å². The number of hydrogen-bond donors (Lipinski definition) is 2. The Kier molecular flexibility index (Phi) is 5.15. The van der Waals surface area contributed by atoms with Gasteiger partial charge in [0.2, 0.25) is 0 Å². The molecule has 1 saturated carbocycles. The Morgan fingerprint density at radius 1 is 1.00 bits per heavy atom. The van der Waals surface area contributed by atoms with Crippen molar-refractivity contribution in [2.45, 2.75) is 25.8 Å². The van der Waals surface area contributed by atoms with Crippen LogP contribution in [0, 0.1) is 18.6 Å². The number of anilines is 1. The van der Waals surface area contributed by atoms with Crippen LogP contribution in [0.25, 0.3) is 10.4 Å². The summed E-state index contributed by atoms with van der Waals surface area (Å²) in [5.41, 5.74) is 2.09. The number of amides is 2. The van der Waals surface area contributed by atoms with Crippen molar-refractivity contribution in [1.29, 1.82) is 0 Å². The number of nitrogens with one attached hydrogen (secondary N) is 2. The van der Waals surface area contributed by atoms with Crippen LogP contribution in [-0.4, -0.2) is 17.9 Å². The third-order valence-corrected chi connectivity index (χ3v) is 5.80. The summed E-state index contributed by atoms with van der Waals surface area (Å²) in [5.74, 6) is -1.84. The molecule has 1 fully saturated rings. The van der Waals surface area contributed by atoms with E-state index < -0.39 is 11.6 Å². The molecule has 4 rings (SSSR count). The van der Waals surface area contributed by atoms with Gasteiger partial charge in [-0.15, -0.1) is 11.3 Å². The lowest BCUT2D eigenvalue weighted by atomic mass is 10.1. The fourth-order valence-corrected chi connectivity index (χ4v) is 3.80. The molecule has 0 aliphatic heterocycles. The summed E-state index contributed by atoms with van der Waals surface area (Å²) < 4.78 is 27.1.